The summed E-state index contributed by atoms with van der Waals surface area (Å²) in [5.41, 5.74) is 1.45. The molecule has 1 aliphatic rings. The average Bonchev–Trinajstić information content (AvgIpc) is 2.61. The highest BCUT2D eigenvalue weighted by Gasteiger charge is 2.25. The van der Waals surface area contributed by atoms with Crippen LogP contribution in [0.2, 0.25) is 5.02 Å². The predicted octanol–water partition coefficient (Wildman–Crippen LogP) is 3.16. The Hall–Kier alpha value is -2.18. The van der Waals surface area contributed by atoms with Crippen LogP contribution in [0.4, 0.5) is 9.18 Å². The molecule has 24 heavy (non-hydrogen) atoms. The van der Waals surface area contributed by atoms with E-state index in [9.17, 15) is 9.18 Å². The van der Waals surface area contributed by atoms with E-state index in [2.05, 4.69) is 10.3 Å². The molecule has 1 unspecified atom stereocenters. The van der Waals surface area contributed by atoms with Crippen molar-refractivity contribution in [1.82, 2.24) is 15.2 Å². The number of amides is 2. The summed E-state index contributed by atoms with van der Waals surface area (Å²) in [6.07, 6.45) is 1.21. The van der Waals surface area contributed by atoms with Gasteiger partial charge in [-0.05, 0) is 29.8 Å². The van der Waals surface area contributed by atoms with Crippen LogP contribution in [0, 0.1) is 5.82 Å². The Balaban J connectivity index is 1.57. The van der Waals surface area contributed by atoms with Crippen LogP contribution in [0.3, 0.4) is 0 Å². The van der Waals surface area contributed by atoms with Crippen molar-refractivity contribution < 1.29 is 13.9 Å². The van der Waals surface area contributed by atoms with E-state index in [0.717, 1.165) is 11.3 Å². The zero-order chi connectivity index (χ0) is 16.9. The number of nitrogens with zero attached hydrogens (tertiary/aromatic N) is 2. The number of urea groups is 1. The van der Waals surface area contributed by atoms with Crippen molar-refractivity contribution in [3.8, 4) is 0 Å². The Morgan fingerprint density at radius 1 is 1.42 bits per heavy atom. The van der Waals surface area contributed by atoms with Gasteiger partial charge in [-0.15, -0.1) is 0 Å². The Kier molecular flexibility index (Phi) is 5.27. The lowest BCUT2D eigenvalue weighted by molar-refractivity contribution is -0.0156. The van der Waals surface area contributed by atoms with Gasteiger partial charge in [0.1, 0.15) is 11.9 Å². The first-order valence-corrected chi connectivity index (χ1v) is 8.00. The standard InChI is InChI=1S/C17H17ClFN3O2/c18-13-4-5-15(20-9-13)10-21-17(23)22-6-7-24-16(11-22)12-2-1-3-14(19)8-12/h1-5,8-9,16H,6-7,10-11H2,(H,21,23). The van der Waals surface area contributed by atoms with Crippen molar-refractivity contribution in [3.05, 3.63) is 64.7 Å². The quantitative estimate of drug-likeness (QED) is 0.926. The van der Waals surface area contributed by atoms with Crippen LogP contribution < -0.4 is 5.32 Å². The fourth-order valence-electron chi connectivity index (χ4n) is 2.53. The highest BCUT2D eigenvalue weighted by molar-refractivity contribution is 6.30. The number of hydrogen-bond donors (Lipinski definition) is 1. The Labute approximate surface area is 144 Å². The first kappa shape index (κ1) is 16.7. The maximum atomic E-state index is 13.3. The molecule has 0 spiro atoms. The molecule has 126 valence electrons. The van der Waals surface area contributed by atoms with Crippen molar-refractivity contribution >= 4 is 17.6 Å². The minimum absolute atomic E-state index is 0.198. The van der Waals surface area contributed by atoms with Crippen molar-refractivity contribution in [2.24, 2.45) is 0 Å². The minimum Gasteiger partial charge on any atom is -0.370 e. The van der Waals surface area contributed by atoms with Gasteiger partial charge in [0.25, 0.3) is 0 Å². The van der Waals surface area contributed by atoms with Gasteiger partial charge in [0.2, 0.25) is 0 Å². The van der Waals surface area contributed by atoms with Crippen molar-refractivity contribution in [2.45, 2.75) is 12.6 Å². The van der Waals surface area contributed by atoms with E-state index in [-0.39, 0.29) is 18.0 Å². The van der Waals surface area contributed by atoms with Crippen LogP contribution in [0.1, 0.15) is 17.4 Å². The highest BCUT2D eigenvalue weighted by Crippen LogP contribution is 2.22. The van der Waals surface area contributed by atoms with Crippen LogP contribution in [-0.4, -0.2) is 35.6 Å². The number of carbonyl (C=O) groups excluding carboxylic acids is 1. The zero-order valence-corrected chi connectivity index (χ0v) is 13.7. The van der Waals surface area contributed by atoms with E-state index in [1.54, 1.807) is 29.2 Å². The molecule has 1 N–H and O–H groups in total. The smallest absolute Gasteiger partial charge is 0.317 e. The first-order valence-electron chi connectivity index (χ1n) is 7.62. The van der Waals surface area contributed by atoms with Gasteiger partial charge in [-0.2, -0.15) is 0 Å². The SMILES string of the molecule is O=C(NCc1ccc(Cl)cn1)N1CCOC(c2cccc(F)c2)C1. The van der Waals surface area contributed by atoms with Gasteiger partial charge >= 0.3 is 6.03 Å². The van der Waals surface area contributed by atoms with Crippen LogP contribution >= 0.6 is 11.6 Å². The molecule has 2 aromatic rings. The summed E-state index contributed by atoms with van der Waals surface area (Å²) in [6, 6.07) is 9.55. The normalized spacial score (nSPS) is 17.6. The maximum Gasteiger partial charge on any atom is 0.317 e. The molecule has 0 aliphatic carbocycles. The summed E-state index contributed by atoms with van der Waals surface area (Å²) in [7, 11) is 0. The lowest BCUT2D eigenvalue weighted by atomic mass is 10.1. The molecule has 0 bridgehead atoms. The molecule has 1 aromatic carbocycles. The van der Waals surface area contributed by atoms with Gasteiger partial charge in [0.15, 0.2) is 0 Å². The number of halogens is 2. The molecule has 3 rings (SSSR count). The molecule has 2 heterocycles. The fourth-order valence-corrected chi connectivity index (χ4v) is 2.64. The van der Waals surface area contributed by atoms with E-state index in [4.69, 9.17) is 16.3 Å². The summed E-state index contributed by atoms with van der Waals surface area (Å²) >= 11 is 5.78. The largest absolute Gasteiger partial charge is 0.370 e. The third kappa shape index (κ3) is 4.21. The molecule has 1 saturated heterocycles. The van der Waals surface area contributed by atoms with E-state index < -0.39 is 0 Å². The van der Waals surface area contributed by atoms with E-state index in [1.807, 2.05) is 0 Å². The Morgan fingerprint density at radius 2 is 2.29 bits per heavy atom. The number of pyridine rings is 1. The summed E-state index contributed by atoms with van der Waals surface area (Å²) in [4.78, 5) is 18.1. The fraction of sp³-hybridized carbons (Fsp3) is 0.294. The van der Waals surface area contributed by atoms with Gasteiger partial charge in [-0.1, -0.05) is 23.7 Å². The van der Waals surface area contributed by atoms with Crippen molar-refractivity contribution in [3.63, 3.8) is 0 Å². The number of carbonyl (C=O) groups is 1. The summed E-state index contributed by atoms with van der Waals surface area (Å²) in [5.74, 6) is -0.313. The van der Waals surface area contributed by atoms with Crippen LogP contribution in [0.5, 0.6) is 0 Å². The molecule has 1 atom stereocenters. The van der Waals surface area contributed by atoms with Crippen molar-refractivity contribution in [1.29, 1.82) is 0 Å². The number of hydrogen-bond acceptors (Lipinski definition) is 3. The average molecular weight is 350 g/mol. The molecule has 1 aliphatic heterocycles. The highest BCUT2D eigenvalue weighted by atomic mass is 35.5. The minimum atomic E-state index is -0.325. The number of aromatic nitrogens is 1. The number of morpholine rings is 1. The molecule has 2 amide bonds. The molecular formula is C17H17ClFN3O2. The van der Waals surface area contributed by atoms with Crippen LogP contribution in [0.15, 0.2) is 42.6 Å². The molecule has 0 radical (unpaired) electrons. The van der Waals surface area contributed by atoms with E-state index in [1.165, 1.54) is 18.3 Å². The third-order valence-corrected chi connectivity index (χ3v) is 4.01. The maximum absolute atomic E-state index is 13.3. The summed E-state index contributed by atoms with van der Waals surface area (Å²) in [6.45, 7) is 1.60. The zero-order valence-electron chi connectivity index (χ0n) is 12.9. The lowest BCUT2D eigenvalue weighted by Crippen LogP contribution is -2.47. The second-order valence-corrected chi connectivity index (χ2v) is 5.92. The topological polar surface area (TPSA) is 54.5 Å². The molecular weight excluding hydrogens is 333 g/mol. The molecule has 1 aromatic heterocycles. The van der Waals surface area contributed by atoms with Crippen LogP contribution in [0.25, 0.3) is 0 Å². The number of rotatable bonds is 3. The Bertz CT molecular complexity index is 711. The third-order valence-electron chi connectivity index (χ3n) is 3.78. The molecule has 5 nitrogen and oxygen atoms in total. The van der Waals surface area contributed by atoms with Crippen molar-refractivity contribution in [2.75, 3.05) is 19.7 Å². The number of nitrogens with one attached hydrogen (secondary N) is 1. The van der Waals surface area contributed by atoms with Gasteiger partial charge in [0.05, 0.1) is 30.4 Å². The number of ether oxygens (including phenoxy) is 1. The van der Waals surface area contributed by atoms with Gasteiger partial charge < -0.3 is 15.0 Å². The van der Waals surface area contributed by atoms with Crippen LogP contribution in [-0.2, 0) is 11.3 Å². The summed E-state index contributed by atoms with van der Waals surface area (Å²) in [5, 5.41) is 3.38. The molecule has 7 heteroatoms. The van der Waals surface area contributed by atoms with Gasteiger partial charge in [-0.25, -0.2) is 9.18 Å². The summed E-state index contributed by atoms with van der Waals surface area (Å²) < 4.78 is 19.0. The molecule has 1 fully saturated rings. The van der Waals surface area contributed by atoms with E-state index >= 15 is 0 Å². The lowest BCUT2D eigenvalue weighted by Gasteiger charge is -2.33. The Morgan fingerprint density at radius 3 is 3.04 bits per heavy atom. The molecule has 0 saturated carbocycles. The number of benzene rings is 1. The van der Waals surface area contributed by atoms with E-state index in [0.29, 0.717) is 31.3 Å². The predicted molar refractivity (Wildman–Crippen MR) is 88.1 cm³/mol. The first-order chi connectivity index (χ1) is 11.6. The second kappa shape index (κ2) is 7.59. The monoisotopic (exact) mass is 349 g/mol. The van der Waals surface area contributed by atoms with Gasteiger partial charge in [-0.3, -0.25) is 4.98 Å². The second-order valence-electron chi connectivity index (χ2n) is 5.49. The van der Waals surface area contributed by atoms with Gasteiger partial charge in [0, 0.05) is 12.7 Å².